The van der Waals surface area contributed by atoms with E-state index in [1.54, 1.807) is 0 Å². The zero-order valence-corrected chi connectivity index (χ0v) is 13.0. The molecule has 3 rings (SSSR count). The standard InChI is InChI=1S/C15H22BrNO/c1-14(2)10-6-7-15(3,8-10)13(14)17-9-11-4-5-12(16)18-11/h4-5,10,13,17H,6-9H2,1-3H3. The highest BCUT2D eigenvalue weighted by molar-refractivity contribution is 9.10. The van der Waals surface area contributed by atoms with Gasteiger partial charge in [-0.1, -0.05) is 20.8 Å². The molecule has 0 aliphatic heterocycles. The Morgan fingerprint density at radius 2 is 2.17 bits per heavy atom. The first-order valence-corrected chi connectivity index (χ1v) is 7.69. The lowest BCUT2D eigenvalue weighted by molar-refractivity contribution is 0.106. The molecular formula is C15H22BrNO. The average Bonchev–Trinajstić information content (AvgIpc) is 2.89. The normalized spacial score (nSPS) is 37.3. The SMILES string of the molecule is CC12CCC(C1)C(C)(C)C2NCc1ccc(Br)o1. The van der Waals surface area contributed by atoms with Gasteiger partial charge in [0.05, 0.1) is 6.54 Å². The number of halogens is 1. The summed E-state index contributed by atoms with van der Waals surface area (Å²) >= 11 is 3.36. The van der Waals surface area contributed by atoms with Gasteiger partial charge in [-0.05, 0) is 64.1 Å². The van der Waals surface area contributed by atoms with Crippen LogP contribution in [0.1, 0.15) is 45.8 Å². The number of fused-ring (bicyclic) bond motifs is 2. The lowest BCUT2D eigenvalue weighted by Gasteiger charge is -2.43. The van der Waals surface area contributed by atoms with E-state index in [2.05, 4.69) is 42.0 Å². The van der Waals surface area contributed by atoms with Crippen molar-refractivity contribution in [1.29, 1.82) is 0 Å². The zero-order chi connectivity index (χ0) is 13.0. The maximum absolute atomic E-state index is 5.58. The first-order valence-electron chi connectivity index (χ1n) is 6.89. The van der Waals surface area contributed by atoms with Crippen molar-refractivity contribution in [2.45, 2.75) is 52.6 Å². The summed E-state index contributed by atoms with van der Waals surface area (Å²) in [7, 11) is 0. The van der Waals surface area contributed by atoms with Crippen LogP contribution in [0.4, 0.5) is 0 Å². The lowest BCUT2D eigenvalue weighted by Crippen LogP contribution is -2.49. The molecule has 2 aliphatic carbocycles. The van der Waals surface area contributed by atoms with Crippen LogP contribution in [0.5, 0.6) is 0 Å². The van der Waals surface area contributed by atoms with Crippen molar-refractivity contribution in [1.82, 2.24) is 5.32 Å². The highest BCUT2D eigenvalue weighted by Crippen LogP contribution is 2.62. The van der Waals surface area contributed by atoms with Gasteiger partial charge < -0.3 is 9.73 Å². The van der Waals surface area contributed by atoms with Crippen LogP contribution in [0.15, 0.2) is 21.2 Å². The second-order valence-electron chi connectivity index (χ2n) is 6.93. The Bertz CT molecular complexity index is 448. The molecule has 1 aromatic rings. The predicted molar refractivity (Wildman–Crippen MR) is 76.3 cm³/mol. The van der Waals surface area contributed by atoms with E-state index < -0.39 is 0 Å². The molecule has 0 amide bonds. The van der Waals surface area contributed by atoms with Crippen LogP contribution in [-0.2, 0) is 6.54 Å². The Kier molecular flexibility index (Phi) is 2.91. The molecule has 1 heterocycles. The molecule has 3 unspecified atom stereocenters. The van der Waals surface area contributed by atoms with Crippen LogP contribution in [0.25, 0.3) is 0 Å². The maximum Gasteiger partial charge on any atom is 0.169 e. The second kappa shape index (κ2) is 4.11. The van der Waals surface area contributed by atoms with E-state index in [1.807, 2.05) is 12.1 Å². The Morgan fingerprint density at radius 3 is 2.72 bits per heavy atom. The monoisotopic (exact) mass is 311 g/mol. The summed E-state index contributed by atoms with van der Waals surface area (Å²) in [5.41, 5.74) is 0.898. The van der Waals surface area contributed by atoms with Gasteiger partial charge in [-0.15, -0.1) is 0 Å². The van der Waals surface area contributed by atoms with E-state index in [1.165, 1.54) is 19.3 Å². The second-order valence-corrected chi connectivity index (χ2v) is 7.72. The molecule has 1 N–H and O–H groups in total. The molecule has 2 aliphatic rings. The number of furan rings is 1. The van der Waals surface area contributed by atoms with Crippen molar-refractivity contribution in [3.8, 4) is 0 Å². The van der Waals surface area contributed by atoms with Crippen LogP contribution in [0.2, 0.25) is 0 Å². The van der Waals surface area contributed by atoms with Gasteiger partial charge in [-0.2, -0.15) is 0 Å². The van der Waals surface area contributed by atoms with E-state index in [4.69, 9.17) is 4.42 Å². The van der Waals surface area contributed by atoms with Crippen molar-refractivity contribution in [3.63, 3.8) is 0 Å². The molecule has 3 atom stereocenters. The fourth-order valence-corrected chi connectivity index (χ4v) is 4.80. The van der Waals surface area contributed by atoms with E-state index >= 15 is 0 Å². The third-order valence-electron chi connectivity index (χ3n) is 5.38. The minimum absolute atomic E-state index is 0.414. The molecule has 3 heteroatoms. The Labute approximate surface area is 118 Å². The summed E-state index contributed by atoms with van der Waals surface area (Å²) in [4.78, 5) is 0. The van der Waals surface area contributed by atoms with Crippen LogP contribution in [0, 0.1) is 16.7 Å². The van der Waals surface area contributed by atoms with Gasteiger partial charge in [0.1, 0.15) is 5.76 Å². The van der Waals surface area contributed by atoms with Crippen LogP contribution in [0.3, 0.4) is 0 Å². The molecule has 2 bridgehead atoms. The molecule has 2 nitrogen and oxygen atoms in total. The Morgan fingerprint density at radius 1 is 1.39 bits per heavy atom. The number of hydrogen-bond acceptors (Lipinski definition) is 2. The van der Waals surface area contributed by atoms with Crippen LogP contribution < -0.4 is 5.32 Å². The fraction of sp³-hybridized carbons (Fsp3) is 0.733. The van der Waals surface area contributed by atoms with Gasteiger partial charge in [-0.3, -0.25) is 0 Å². The summed E-state index contributed by atoms with van der Waals surface area (Å²) in [6, 6.07) is 4.61. The van der Waals surface area contributed by atoms with Gasteiger partial charge in [0.15, 0.2) is 4.67 Å². The molecule has 0 saturated heterocycles. The van der Waals surface area contributed by atoms with Gasteiger partial charge >= 0.3 is 0 Å². The average molecular weight is 312 g/mol. The number of rotatable bonds is 3. The van der Waals surface area contributed by atoms with Crippen molar-refractivity contribution in [2.24, 2.45) is 16.7 Å². The van der Waals surface area contributed by atoms with E-state index in [0.717, 1.165) is 22.9 Å². The quantitative estimate of drug-likeness (QED) is 0.898. The van der Waals surface area contributed by atoms with Gasteiger partial charge in [0.25, 0.3) is 0 Å². The molecular weight excluding hydrogens is 290 g/mol. The molecule has 1 aromatic heterocycles. The third kappa shape index (κ3) is 1.87. The molecule has 0 radical (unpaired) electrons. The third-order valence-corrected chi connectivity index (χ3v) is 5.81. The largest absolute Gasteiger partial charge is 0.453 e. The van der Waals surface area contributed by atoms with E-state index in [0.29, 0.717) is 16.9 Å². The smallest absolute Gasteiger partial charge is 0.169 e. The summed E-state index contributed by atoms with van der Waals surface area (Å²) in [5, 5.41) is 3.76. The minimum atomic E-state index is 0.414. The fourth-order valence-electron chi connectivity index (χ4n) is 4.46. The first kappa shape index (κ1) is 12.7. The molecule has 2 saturated carbocycles. The van der Waals surface area contributed by atoms with Gasteiger partial charge in [0.2, 0.25) is 0 Å². The molecule has 0 aromatic carbocycles. The topological polar surface area (TPSA) is 25.2 Å². The van der Waals surface area contributed by atoms with E-state index in [-0.39, 0.29) is 0 Å². The number of hydrogen-bond donors (Lipinski definition) is 1. The molecule has 18 heavy (non-hydrogen) atoms. The summed E-state index contributed by atoms with van der Waals surface area (Å²) in [6.07, 6.45) is 4.17. The van der Waals surface area contributed by atoms with Crippen LogP contribution >= 0.6 is 15.9 Å². The highest BCUT2D eigenvalue weighted by atomic mass is 79.9. The molecule has 100 valence electrons. The lowest BCUT2D eigenvalue weighted by atomic mass is 9.68. The van der Waals surface area contributed by atoms with Crippen LogP contribution in [-0.4, -0.2) is 6.04 Å². The molecule has 2 fully saturated rings. The van der Waals surface area contributed by atoms with Crippen molar-refractivity contribution >= 4 is 15.9 Å². The Hall–Kier alpha value is -0.280. The molecule has 0 spiro atoms. The zero-order valence-electron chi connectivity index (χ0n) is 11.4. The van der Waals surface area contributed by atoms with Crippen molar-refractivity contribution in [2.75, 3.05) is 0 Å². The van der Waals surface area contributed by atoms with Crippen molar-refractivity contribution in [3.05, 3.63) is 22.6 Å². The first-order chi connectivity index (χ1) is 8.42. The maximum atomic E-state index is 5.58. The summed E-state index contributed by atoms with van der Waals surface area (Å²) < 4.78 is 6.40. The highest BCUT2D eigenvalue weighted by Gasteiger charge is 2.58. The van der Waals surface area contributed by atoms with E-state index in [9.17, 15) is 0 Å². The van der Waals surface area contributed by atoms with Crippen molar-refractivity contribution < 1.29 is 4.42 Å². The van der Waals surface area contributed by atoms with Gasteiger partial charge in [-0.25, -0.2) is 0 Å². The van der Waals surface area contributed by atoms with Gasteiger partial charge in [0, 0.05) is 6.04 Å². The minimum Gasteiger partial charge on any atom is -0.453 e. The summed E-state index contributed by atoms with van der Waals surface area (Å²) in [6.45, 7) is 8.15. The Balaban J connectivity index is 1.72. The number of nitrogens with one attached hydrogen (secondary N) is 1. The predicted octanol–water partition coefficient (Wildman–Crippen LogP) is 4.35. The summed E-state index contributed by atoms with van der Waals surface area (Å²) in [5.74, 6) is 1.91.